The minimum absolute atomic E-state index is 0.129. The number of thiophene rings is 1. The molecule has 0 saturated carbocycles. The van der Waals surface area contributed by atoms with E-state index in [1.165, 1.54) is 23.1 Å². The molecule has 10 heteroatoms. The molecule has 1 amide bonds. The Morgan fingerprint density at radius 1 is 1.21 bits per heavy atom. The van der Waals surface area contributed by atoms with Crippen LogP contribution in [0.2, 0.25) is 0 Å². The van der Waals surface area contributed by atoms with Crippen LogP contribution in [0.4, 0.5) is 5.00 Å². The Kier molecular flexibility index (Phi) is 6.35. The quantitative estimate of drug-likeness (QED) is 0.421. The van der Waals surface area contributed by atoms with Gasteiger partial charge in [0.1, 0.15) is 10.8 Å². The van der Waals surface area contributed by atoms with Gasteiger partial charge in [-0.1, -0.05) is 20.8 Å². The zero-order chi connectivity index (χ0) is 24.6. The number of nitrogens with zero attached hydrogens (tertiary/aromatic N) is 1. The number of methoxy groups -OCH3 is 2. The molecule has 0 fully saturated rings. The van der Waals surface area contributed by atoms with Gasteiger partial charge in [-0.3, -0.25) is 9.32 Å². The molecule has 9 nitrogen and oxygen atoms in total. The van der Waals surface area contributed by atoms with Gasteiger partial charge in [-0.2, -0.15) is 0 Å². The number of fused-ring (bicyclic) bond motifs is 1. The molecule has 2 N–H and O–H groups in total. The summed E-state index contributed by atoms with van der Waals surface area (Å²) in [7, 11) is 2.86. The second-order valence-corrected chi connectivity index (χ2v) is 10.4. The lowest BCUT2D eigenvalue weighted by molar-refractivity contribution is -0.672. The summed E-state index contributed by atoms with van der Waals surface area (Å²) in [5.74, 6) is -0.114. The Labute approximate surface area is 200 Å². The Morgan fingerprint density at radius 3 is 2.53 bits per heavy atom. The molecule has 3 aromatic rings. The minimum atomic E-state index is -0.831. The predicted molar refractivity (Wildman–Crippen MR) is 126 cm³/mol. The average molecular weight is 487 g/mol. The normalized spacial score (nSPS) is 15.5. The minimum Gasteiger partial charge on any atom is -0.497 e. The molecule has 0 bridgehead atoms. The van der Waals surface area contributed by atoms with Crippen LogP contribution in [0.5, 0.6) is 5.75 Å². The molecule has 1 unspecified atom stereocenters. The summed E-state index contributed by atoms with van der Waals surface area (Å²) in [6.07, 6.45) is 2.50. The van der Waals surface area contributed by atoms with Crippen molar-refractivity contribution >= 4 is 28.2 Å². The van der Waals surface area contributed by atoms with Crippen LogP contribution in [-0.4, -0.2) is 31.4 Å². The van der Waals surface area contributed by atoms with E-state index in [-0.39, 0.29) is 11.1 Å². The number of aromatic nitrogens is 2. The molecule has 1 atom stereocenters. The maximum Gasteiger partial charge on any atom is 0.441 e. The molecule has 0 saturated heterocycles. The summed E-state index contributed by atoms with van der Waals surface area (Å²) in [6.45, 7) is 6.63. The topological polar surface area (TPSA) is 115 Å². The Morgan fingerprint density at radius 2 is 1.91 bits per heavy atom. The molecule has 2 aromatic heterocycles. The fraction of sp³-hybridized carbons (Fsp3) is 0.417. The Balaban J connectivity index is 1.69. The molecule has 34 heavy (non-hydrogen) atoms. The predicted octanol–water partition coefficient (Wildman–Crippen LogP) is 3.50. The van der Waals surface area contributed by atoms with Crippen molar-refractivity contribution in [1.29, 1.82) is 0 Å². The zero-order valence-electron chi connectivity index (χ0n) is 19.8. The van der Waals surface area contributed by atoms with Gasteiger partial charge >= 0.3 is 23.2 Å². The molecule has 1 aliphatic carbocycles. The van der Waals surface area contributed by atoms with Crippen molar-refractivity contribution < 1.29 is 28.3 Å². The summed E-state index contributed by atoms with van der Waals surface area (Å²) in [6, 6.07) is 6.75. The number of hydrogen-bond acceptors (Lipinski definition) is 7. The maximum absolute atomic E-state index is 13.2. The molecule has 1 aliphatic rings. The summed E-state index contributed by atoms with van der Waals surface area (Å²) in [5.41, 5.74) is 0.825. The van der Waals surface area contributed by atoms with E-state index in [9.17, 15) is 14.4 Å². The number of amides is 1. The molecular formula is C24H28N3O6S+. The zero-order valence-corrected chi connectivity index (χ0v) is 20.6. The number of rotatable bonds is 5. The average Bonchev–Trinajstić information content (AvgIpc) is 3.37. The van der Waals surface area contributed by atoms with Crippen molar-refractivity contribution in [3.63, 3.8) is 0 Å². The summed E-state index contributed by atoms with van der Waals surface area (Å²) < 4.78 is 16.3. The summed E-state index contributed by atoms with van der Waals surface area (Å²) in [5, 5.41) is 5.59. The monoisotopic (exact) mass is 486 g/mol. The van der Waals surface area contributed by atoms with Gasteiger partial charge in [0, 0.05) is 17.0 Å². The van der Waals surface area contributed by atoms with Crippen molar-refractivity contribution in [1.82, 2.24) is 5.27 Å². The largest absolute Gasteiger partial charge is 0.497 e. The lowest BCUT2D eigenvalue weighted by Crippen LogP contribution is -2.42. The summed E-state index contributed by atoms with van der Waals surface area (Å²) in [4.78, 5) is 39.3. The van der Waals surface area contributed by atoms with Crippen LogP contribution < -0.4 is 20.4 Å². The van der Waals surface area contributed by atoms with Gasteiger partial charge < -0.3 is 14.8 Å². The summed E-state index contributed by atoms with van der Waals surface area (Å²) >= 11 is 1.36. The van der Waals surface area contributed by atoms with Gasteiger partial charge in [0.15, 0.2) is 0 Å². The number of esters is 1. The Bertz CT molecular complexity index is 1280. The number of anilines is 1. The van der Waals surface area contributed by atoms with E-state index < -0.39 is 17.5 Å². The van der Waals surface area contributed by atoms with Gasteiger partial charge in [-0.05, 0) is 58.2 Å². The highest BCUT2D eigenvalue weighted by molar-refractivity contribution is 7.17. The van der Waals surface area contributed by atoms with Crippen LogP contribution in [-0.2, 0) is 17.6 Å². The third-order valence-corrected chi connectivity index (χ3v) is 7.47. The van der Waals surface area contributed by atoms with E-state index >= 15 is 0 Å². The smallest absolute Gasteiger partial charge is 0.441 e. The third-order valence-electron chi connectivity index (χ3n) is 6.30. The number of ether oxygens (including phenoxy) is 2. The van der Waals surface area contributed by atoms with Crippen molar-refractivity contribution in [2.45, 2.75) is 40.0 Å². The van der Waals surface area contributed by atoms with Crippen molar-refractivity contribution in [2.75, 3.05) is 19.5 Å². The first kappa shape index (κ1) is 23.7. The molecule has 1 aromatic carbocycles. The fourth-order valence-corrected chi connectivity index (χ4v) is 5.58. The van der Waals surface area contributed by atoms with Crippen LogP contribution >= 0.6 is 11.3 Å². The van der Waals surface area contributed by atoms with Crippen LogP contribution in [0.3, 0.4) is 0 Å². The molecule has 2 heterocycles. The third kappa shape index (κ3) is 4.37. The Hall–Kier alpha value is -3.40. The number of carbonyl (C=O) groups is 2. The molecule has 0 spiro atoms. The second-order valence-electron chi connectivity index (χ2n) is 9.32. The van der Waals surface area contributed by atoms with Gasteiger partial charge in [-0.25, -0.2) is 9.59 Å². The number of benzene rings is 1. The first-order valence-corrected chi connectivity index (χ1v) is 11.8. The van der Waals surface area contributed by atoms with E-state index in [0.717, 1.165) is 29.7 Å². The van der Waals surface area contributed by atoms with Gasteiger partial charge in [-0.15, -0.1) is 11.3 Å². The van der Waals surface area contributed by atoms with Crippen molar-refractivity contribution in [3.8, 4) is 11.4 Å². The van der Waals surface area contributed by atoms with Crippen LogP contribution in [0.25, 0.3) is 5.69 Å². The highest BCUT2D eigenvalue weighted by Gasteiger charge is 2.36. The van der Waals surface area contributed by atoms with Crippen LogP contribution in [0.15, 0.2) is 33.6 Å². The lowest BCUT2D eigenvalue weighted by atomic mass is 9.72. The SMILES string of the molecule is COC(=O)c1c(NC(=O)c2c(=O)o[nH][n+]2-c2ccc(OC)cc2)sc2c1CCC(C(C)(C)C)C2. The molecule has 0 radical (unpaired) electrons. The van der Waals surface area contributed by atoms with Gasteiger partial charge in [0.05, 0.1) is 19.8 Å². The number of hydrogen-bond donors (Lipinski definition) is 2. The number of H-pyrrole nitrogens is 1. The highest BCUT2D eigenvalue weighted by atomic mass is 32.1. The highest BCUT2D eigenvalue weighted by Crippen LogP contribution is 2.44. The van der Waals surface area contributed by atoms with E-state index in [1.807, 2.05) is 0 Å². The van der Waals surface area contributed by atoms with Gasteiger partial charge in [0.2, 0.25) is 5.69 Å². The standard InChI is InChI=1S/C24H27N3O6S/c1-24(2,3)13-6-11-16-17(12-13)34-21(18(16)22(29)32-5)25-20(28)19-23(30)33-26-27(19)14-7-9-15(31-4)10-8-14/h7-10,13H,6,11-12H2,1-5H3,(H-,25,26,28,29,30)/p+1. The van der Waals surface area contributed by atoms with Crippen molar-refractivity contribution in [2.24, 2.45) is 11.3 Å². The maximum atomic E-state index is 13.2. The molecule has 180 valence electrons. The first-order valence-electron chi connectivity index (χ1n) is 11.0. The van der Waals surface area contributed by atoms with E-state index in [2.05, 4.69) is 31.4 Å². The second kappa shape index (κ2) is 9.09. The van der Waals surface area contributed by atoms with Gasteiger partial charge in [0.25, 0.3) is 0 Å². The number of aromatic amines is 1. The molecule has 0 aliphatic heterocycles. The first-order chi connectivity index (χ1) is 16.1. The lowest BCUT2D eigenvalue weighted by Gasteiger charge is -2.33. The van der Waals surface area contributed by atoms with E-state index in [4.69, 9.17) is 14.0 Å². The van der Waals surface area contributed by atoms with E-state index in [1.54, 1.807) is 31.4 Å². The number of nitrogens with one attached hydrogen (secondary N) is 2. The molecular weight excluding hydrogens is 458 g/mol. The van der Waals surface area contributed by atoms with E-state index in [0.29, 0.717) is 27.9 Å². The van der Waals surface area contributed by atoms with Crippen LogP contribution in [0, 0.1) is 11.3 Å². The van der Waals surface area contributed by atoms with Crippen LogP contribution in [0.1, 0.15) is 58.5 Å². The molecule has 4 rings (SSSR count). The van der Waals surface area contributed by atoms with Crippen molar-refractivity contribution in [3.05, 3.63) is 56.4 Å². The number of carbonyl (C=O) groups excluding carboxylic acids is 2. The fourth-order valence-electron chi connectivity index (χ4n) is 4.27.